The maximum Gasteiger partial charge on any atom is 0.410 e. The second-order valence-electron chi connectivity index (χ2n) is 7.09. The van der Waals surface area contributed by atoms with Gasteiger partial charge in [-0.2, -0.15) is 0 Å². The molecule has 1 atom stereocenters. The van der Waals surface area contributed by atoms with Crippen molar-refractivity contribution in [2.75, 3.05) is 13.1 Å². The Hall–Kier alpha value is -1.49. The molecule has 0 bridgehead atoms. The summed E-state index contributed by atoms with van der Waals surface area (Å²) < 4.78 is 7.60. The maximum absolute atomic E-state index is 12.1. The van der Waals surface area contributed by atoms with Crippen LogP contribution in [-0.2, 0) is 18.3 Å². The molecule has 0 saturated carbocycles. The van der Waals surface area contributed by atoms with Crippen molar-refractivity contribution in [2.45, 2.75) is 58.2 Å². The SMILES string of the molecule is Cn1cccc1CNC1CCCN(C(=O)OC(C)(C)C)CC1. The van der Waals surface area contributed by atoms with Crippen LogP contribution in [0.2, 0.25) is 0 Å². The summed E-state index contributed by atoms with van der Waals surface area (Å²) in [5.41, 5.74) is 0.862. The molecule has 5 nitrogen and oxygen atoms in total. The molecule has 0 aliphatic carbocycles. The van der Waals surface area contributed by atoms with Crippen molar-refractivity contribution >= 4 is 6.09 Å². The molecular formula is C17H29N3O2. The lowest BCUT2D eigenvalue weighted by Crippen LogP contribution is -2.38. The first-order valence-corrected chi connectivity index (χ1v) is 8.17. The molecule has 5 heteroatoms. The second kappa shape index (κ2) is 7.18. The average Bonchev–Trinajstić information content (AvgIpc) is 2.69. The summed E-state index contributed by atoms with van der Waals surface area (Å²) >= 11 is 0. The van der Waals surface area contributed by atoms with Crippen molar-refractivity contribution < 1.29 is 9.53 Å². The number of nitrogens with zero attached hydrogens (tertiary/aromatic N) is 2. The van der Waals surface area contributed by atoms with E-state index in [0.29, 0.717) is 6.04 Å². The number of hydrogen-bond acceptors (Lipinski definition) is 3. The van der Waals surface area contributed by atoms with Crippen LogP contribution in [0.15, 0.2) is 18.3 Å². The van der Waals surface area contributed by atoms with Gasteiger partial charge < -0.3 is 19.5 Å². The fraction of sp³-hybridized carbons (Fsp3) is 0.706. The fourth-order valence-electron chi connectivity index (χ4n) is 2.74. The van der Waals surface area contributed by atoms with Crippen molar-refractivity contribution in [3.63, 3.8) is 0 Å². The van der Waals surface area contributed by atoms with Gasteiger partial charge in [0, 0.05) is 44.6 Å². The van der Waals surface area contributed by atoms with Gasteiger partial charge in [-0.05, 0) is 52.2 Å². The Morgan fingerprint density at radius 3 is 2.77 bits per heavy atom. The van der Waals surface area contributed by atoms with E-state index in [-0.39, 0.29) is 6.09 Å². The minimum absolute atomic E-state index is 0.185. The molecule has 1 aliphatic rings. The van der Waals surface area contributed by atoms with Crippen LogP contribution in [0.1, 0.15) is 45.7 Å². The third kappa shape index (κ3) is 5.05. The number of nitrogens with one attached hydrogen (secondary N) is 1. The van der Waals surface area contributed by atoms with Gasteiger partial charge in [-0.1, -0.05) is 0 Å². The molecule has 0 spiro atoms. The molecule has 1 aromatic rings. The average molecular weight is 307 g/mol. The van der Waals surface area contributed by atoms with Crippen LogP contribution in [0.25, 0.3) is 0 Å². The molecule has 22 heavy (non-hydrogen) atoms. The van der Waals surface area contributed by atoms with Gasteiger partial charge >= 0.3 is 6.09 Å². The molecule has 124 valence electrons. The quantitative estimate of drug-likeness (QED) is 0.934. The van der Waals surface area contributed by atoms with Crippen LogP contribution in [0.5, 0.6) is 0 Å². The van der Waals surface area contributed by atoms with Gasteiger partial charge in [0.25, 0.3) is 0 Å². The van der Waals surface area contributed by atoms with Crippen molar-refractivity contribution in [2.24, 2.45) is 7.05 Å². The summed E-state index contributed by atoms with van der Waals surface area (Å²) in [4.78, 5) is 14.0. The molecule has 1 unspecified atom stereocenters. The Bertz CT molecular complexity index is 490. The molecule has 0 aromatic carbocycles. The van der Waals surface area contributed by atoms with Crippen LogP contribution in [0.4, 0.5) is 4.79 Å². The first-order chi connectivity index (χ1) is 10.3. The topological polar surface area (TPSA) is 46.5 Å². The summed E-state index contributed by atoms with van der Waals surface area (Å²) in [5.74, 6) is 0. The van der Waals surface area contributed by atoms with Gasteiger partial charge in [0.1, 0.15) is 5.60 Å². The predicted molar refractivity (Wildman–Crippen MR) is 87.7 cm³/mol. The van der Waals surface area contributed by atoms with Gasteiger partial charge in [-0.3, -0.25) is 0 Å². The van der Waals surface area contributed by atoms with E-state index in [2.05, 4.69) is 35.3 Å². The zero-order valence-corrected chi connectivity index (χ0v) is 14.3. The minimum atomic E-state index is -0.423. The molecule has 1 amide bonds. The highest BCUT2D eigenvalue weighted by Gasteiger charge is 2.25. The van der Waals surface area contributed by atoms with Crippen molar-refractivity contribution in [3.05, 3.63) is 24.0 Å². The third-order valence-electron chi connectivity index (χ3n) is 4.00. The highest BCUT2D eigenvalue weighted by atomic mass is 16.6. The normalized spacial score (nSPS) is 19.8. The smallest absolute Gasteiger partial charge is 0.410 e. The highest BCUT2D eigenvalue weighted by Crippen LogP contribution is 2.16. The number of likely N-dealkylation sites (tertiary alicyclic amines) is 1. The maximum atomic E-state index is 12.1. The first kappa shape index (κ1) is 16.9. The van der Waals surface area contributed by atoms with Crippen molar-refractivity contribution in [3.8, 4) is 0 Å². The first-order valence-electron chi connectivity index (χ1n) is 8.17. The number of rotatable bonds is 3. The molecule has 1 aliphatic heterocycles. The zero-order valence-electron chi connectivity index (χ0n) is 14.3. The number of aromatic nitrogens is 1. The molecule has 1 N–H and O–H groups in total. The second-order valence-corrected chi connectivity index (χ2v) is 7.09. The van der Waals surface area contributed by atoms with Crippen LogP contribution in [-0.4, -0.2) is 40.3 Å². The predicted octanol–water partition coefficient (Wildman–Crippen LogP) is 2.90. The molecule has 1 saturated heterocycles. The molecule has 2 rings (SSSR count). The number of carbonyl (C=O) groups is 1. The van der Waals surface area contributed by atoms with Gasteiger partial charge in [0.2, 0.25) is 0 Å². The van der Waals surface area contributed by atoms with E-state index in [1.165, 1.54) is 5.69 Å². The van der Waals surface area contributed by atoms with Crippen LogP contribution in [0, 0.1) is 0 Å². The van der Waals surface area contributed by atoms with E-state index in [0.717, 1.165) is 38.9 Å². The Morgan fingerprint density at radius 1 is 1.36 bits per heavy atom. The van der Waals surface area contributed by atoms with Gasteiger partial charge in [-0.25, -0.2) is 4.79 Å². The Labute approximate surface area is 133 Å². The van der Waals surface area contributed by atoms with Gasteiger partial charge in [0.05, 0.1) is 0 Å². The van der Waals surface area contributed by atoms with E-state index in [1.54, 1.807) is 0 Å². The molecular weight excluding hydrogens is 278 g/mol. The van der Waals surface area contributed by atoms with E-state index in [1.807, 2.05) is 25.7 Å². The fourth-order valence-corrected chi connectivity index (χ4v) is 2.74. The van der Waals surface area contributed by atoms with Crippen LogP contribution >= 0.6 is 0 Å². The summed E-state index contributed by atoms with van der Waals surface area (Å²) in [5, 5.41) is 3.61. The summed E-state index contributed by atoms with van der Waals surface area (Å²) in [7, 11) is 2.06. The molecule has 0 radical (unpaired) electrons. The summed E-state index contributed by atoms with van der Waals surface area (Å²) in [6.45, 7) is 8.16. The standard InChI is InChI=1S/C17H29N3O2/c1-17(2,3)22-16(21)20-11-5-7-14(9-12-20)18-13-15-8-6-10-19(15)4/h6,8,10,14,18H,5,7,9,11-13H2,1-4H3. The van der Waals surface area contributed by atoms with E-state index in [9.17, 15) is 4.79 Å². The number of amides is 1. The third-order valence-corrected chi connectivity index (χ3v) is 4.00. The monoisotopic (exact) mass is 307 g/mol. The number of aryl methyl sites for hydroxylation is 1. The Morgan fingerprint density at radius 2 is 2.14 bits per heavy atom. The molecule has 2 heterocycles. The lowest BCUT2D eigenvalue weighted by atomic mass is 10.1. The van der Waals surface area contributed by atoms with Gasteiger partial charge in [-0.15, -0.1) is 0 Å². The summed E-state index contributed by atoms with van der Waals surface area (Å²) in [6.07, 6.45) is 4.97. The lowest BCUT2D eigenvalue weighted by molar-refractivity contribution is 0.0256. The van der Waals surface area contributed by atoms with Gasteiger partial charge in [0.15, 0.2) is 0 Å². The number of hydrogen-bond donors (Lipinski definition) is 1. The molecule has 1 aromatic heterocycles. The van der Waals surface area contributed by atoms with E-state index < -0.39 is 5.60 Å². The number of ether oxygens (including phenoxy) is 1. The highest BCUT2D eigenvalue weighted by molar-refractivity contribution is 5.68. The van der Waals surface area contributed by atoms with Crippen LogP contribution in [0.3, 0.4) is 0 Å². The van der Waals surface area contributed by atoms with E-state index in [4.69, 9.17) is 4.74 Å². The van der Waals surface area contributed by atoms with Crippen LogP contribution < -0.4 is 5.32 Å². The van der Waals surface area contributed by atoms with E-state index >= 15 is 0 Å². The minimum Gasteiger partial charge on any atom is -0.444 e. The molecule has 1 fully saturated rings. The summed E-state index contributed by atoms with van der Waals surface area (Å²) in [6, 6.07) is 4.66. The largest absolute Gasteiger partial charge is 0.444 e. The Kier molecular flexibility index (Phi) is 5.51. The Balaban J connectivity index is 1.80. The van der Waals surface area contributed by atoms with Crippen molar-refractivity contribution in [1.82, 2.24) is 14.8 Å². The number of carbonyl (C=O) groups excluding carboxylic acids is 1. The zero-order chi connectivity index (χ0) is 16.2. The lowest BCUT2D eigenvalue weighted by Gasteiger charge is -2.26. The van der Waals surface area contributed by atoms with Crippen molar-refractivity contribution in [1.29, 1.82) is 0 Å².